The molecule has 1 rings (SSSR count). The molecular weight excluding hydrogens is 207 g/mol. The van der Waals surface area contributed by atoms with Gasteiger partial charge >= 0.3 is 0 Å². The maximum atomic E-state index is 13.5. The zero-order valence-electron chi connectivity index (χ0n) is 9.64. The van der Waals surface area contributed by atoms with Crippen molar-refractivity contribution in [2.75, 3.05) is 18.4 Å². The Hall–Kier alpha value is -1.58. The molecule has 0 radical (unpaired) electrons. The van der Waals surface area contributed by atoms with E-state index in [1.165, 1.54) is 12.1 Å². The number of hydrogen-bond acceptors (Lipinski definition) is 2. The molecule has 16 heavy (non-hydrogen) atoms. The lowest BCUT2D eigenvalue weighted by atomic mass is 10.1. The molecule has 0 aliphatic heterocycles. The Labute approximate surface area is 95.0 Å². The van der Waals surface area contributed by atoms with Gasteiger partial charge in [0.1, 0.15) is 5.82 Å². The number of carbonyl (C=O) groups is 1. The molecule has 1 aromatic carbocycles. The predicted octanol–water partition coefficient (Wildman–Crippen LogP) is 2.40. The Bertz CT molecular complexity index is 366. The maximum absolute atomic E-state index is 13.5. The summed E-state index contributed by atoms with van der Waals surface area (Å²) in [6, 6.07) is 4.50. The average molecular weight is 224 g/mol. The van der Waals surface area contributed by atoms with Crippen LogP contribution in [0.2, 0.25) is 0 Å². The molecule has 1 amide bonds. The van der Waals surface area contributed by atoms with Gasteiger partial charge in [0.25, 0.3) is 5.91 Å². The van der Waals surface area contributed by atoms with Crippen LogP contribution in [0.3, 0.4) is 0 Å². The molecule has 0 bridgehead atoms. The number of halogens is 1. The number of amides is 1. The van der Waals surface area contributed by atoms with E-state index in [0.717, 1.165) is 6.42 Å². The monoisotopic (exact) mass is 224 g/mol. The summed E-state index contributed by atoms with van der Waals surface area (Å²) in [5.41, 5.74) is 0.633. The molecule has 0 atom stereocenters. The van der Waals surface area contributed by atoms with E-state index in [-0.39, 0.29) is 11.6 Å². The molecule has 0 saturated carbocycles. The molecule has 4 heteroatoms. The highest BCUT2D eigenvalue weighted by atomic mass is 19.1. The Balaban J connectivity index is 2.93. The fourth-order valence-electron chi connectivity index (χ4n) is 1.40. The van der Waals surface area contributed by atoms with E-state index in [0.29, 0.717) is 18.7 Å². The van der Waals surface area contributed by atoms with Crippen molar-refractivity contribution < 1.29 is 9.18 Å². The molecule has 0 fully saturated rings. The van der Waals surface area contributed by atoms with E-state index in [1.807, 2.05) is 13.8 Å². The van der Waals surface area contributed by atoms with Crippen LogP contribution in [0.4, 0.5) is 10.1 Å². The van der Waals surface area contributed by atoms with E-state index in [4.69, 9.17) is 0 Å². The molecule has 0 saturated heterocycles. The Kier molecular flexibility index (Phi) is 4.76. The van der Waals surface area contributed by atoms with Gasteiger partial charge in [0.05, 0.1) is 11.3 Å². The van der Waals surface area contributed by atoms with Crippen molar-refractivity contribution in [2.24, 2.45) is 0 Å². The zero-order valence-corrected chi connectivity index (χ0v) is 9.64. The maximum Gasteiger partial charge on any atom is 0.253 e. The summed E-state index contributed by atoms with van der Waals surface area (Å²) in [6.07, 6.45) is 0.859. The third kappa shape index (κ3) is 2.95. The fraction of sp³-hybridized carbons (Fsp3) is 0.417. The van der Waals surface area contributed by atoms with Gasteiger partial charge in [-0.05, 0) is 25.5 Å². The third-order valence-corrected chi connectivity index (χ3v) is 2.15. The van der Waals surface area contributed by atoms with Crippen LogP contribution in [0.25, 0.3) is 0 Å². The molecule has 88 valence electrons. The van der Waals surface area contributed by atoms with Crippen molar-refractivity contribution in [2.45, 2.75) is 20.3 Å². The first kappa shape index (κ1) is 12.5. The second kappa shape index (κ2) is 6.10. The Morgan fingerprint density at radius 3 is 2.75 bits per heavy atom. The molecule has 0 spiro atoms. The van der Waals surface area contributed by atoms with Crippen LogP contribution in [-0.2, 0) is 0 Å². The fourth-order valence-corrected chi connectivity index (χ4v) is 1.40. The average Bonchev–Trinajstić information content (AvgIpc) is 2.29. The van der Waals surface area contributed by atoms with Crippen LogP contribution in [0, 0.1) is 5.82 Å². The van der Waals surface area contributed by atoms with E-state index in [9.17, 15) is 9.18 Å². The van der Waals surface area contributed by atoms with E-state index >= 15 is 0 Å². The summed E-state index contributed by atoms with van der Waals surface area (Å²) < 4.78 is 13.5. The lowest BCUT2D eigenvalue weighted by Crippen LogP contribution is -2.25. The zero-order chi connectivity index (χ0) is 12.0. The first-order valence-corrected chi connectivity index (χ1v) is 5.51. The highest BCUT2D eigenvalue weighted by Crippen LogP contribution is 2.19. The minimum absolute atomic E-state index is 0.239. The number of para-hydroxylation sites is 1. The molecule has 0 aromatic heterocycles. The molecule has 0 aliphatic carbocycles. The number of hydrogen-bond donors (Lipinski definition) is 2. The van der Waals surface area contributed by atoms with Crippen molar-refractivity contribution in [3.8, 4) is 0 Å². The largest absolute Gasteiger partial charge is 0.382 e. The predicted molar refractivity (Wildman–Crippen MR) is 63.2 cm³/mol. The van der Waals surface area contributed by atoms with Gasteiger partial charge < -0.3 is 10.6 Å². The van der Waals surface area contributed by atoms with Crippen molar-refractivity contribution in [3.05, 3.63) is 29.6 Å². The summed E-state index contributed by atoms with van der Waals surface area (Å²) in [6.45, 7) is 5.01. The van der Waals surface area contributed by atoms with Gasteiger partial charge in [-0.1, -0.05) is 13.0 Å². The third-order valence-electron chi connectivity index (χ3n) is 2.15. The molecule has 0 aliphatic rings. The molecular formula is C12H17FN2O. The van der Waals surface area contributed by atoms with Crippen molar-refractivity contribution in [3.63, 3.8) is 0 Å². The Morgan fingerprint density at radius 1 is 1.38 bits per heavy atom. The van der Waals surface area contributed by atoms with Gasteiger partial charge in [0.15, 0.2) is 0 Å². The number of carbonyl (C=O) groups excluding carboxylic acids is 1. The quantitative estimate of drug-likeness (QED) is 0.806. The molecule has 3 nitrogen and oxygen atoms in total. The minimum Gasteiger partial charge on any atom is -0.382 e. The smallest absolute Gasteiger partial charge is 0.253 e. The van der Waals surface area contributed by atoms with Crippen LogP contribution < -0.4 is 10.6 Å². The lowest BCUT2D eigenvalue weighted by Gasteiger charge is -2.11. The highest BCUT2D eigenvalue weighted by Gasteiger charge is 2.13. The number of benzene rings is 1. The van der Waals surface area contributed by atoms with E-state index in [2.05, 4.69) is 10.6 Å². The molecule has 0 unspecified atom stereocenters. The second-order valence-corrected chi connectivity index (χ2v) is 3.45. The highest BCUT2D eigenvalue weighted by molar-refractivity contribution is 5.99. The molecule has 2 N–H and O–H groups in total. The summed E-state index contributed by atoms with van der Waals surface area (Å²) in [7, 11) is 0. The topological polar surface area (TPSA) is 41.1 Å². The van der Waals surface area contributed by atoms with E-state index < -0.39 is 5.82 Å². The van der Waals surface area contributed by atoms with Crippen molar-refractivity contribution >= 4 is 11.6 Å². The molecule has 0 heterocycles. The lowest BCUT2D eigenvalue weighted by molar-refractivity contribution is 0.0954. The summed E-state index contributed by atoms with van der Waals surface area (Å²) in [4.78, 5) is 11.7. The van der Waals surface area contributed by atoms with Crippen LogP contribution in [-0.4, -0.2) is 19.0 Å². The number of rotatable bonds is 5. The Morgan fingerprint density at radius 2 is 2.12 bits per heavy atom. The second-order valence-electron chi connectivity index (χ2n) is 3.45. The van der Waals surface area contributed by atoms with Crippen LogP contribution in [0.1, 0.15) is 30.6 Å². The van der Waals surface area contributed by atoms with Gasteiger partial charge in [-0.15, -0.1) is 0 Å². The van der Waals surface area contributed by atoms with Crippen LogP contribution in [0.15, 0.2) is 18.2 Å². The van der Waals surface area contributed by atoms with Crippen molar-refractivity contribution in [1.29, 1.82) is 0 Å². The van der Waals surface area contributed by atoms with Crippen LogP contribution in [0.5, 0.6) is 0 Å². The summed E-state index contributed by atoms with van der Waals surface area (Å²) >= 11 is 0. The molecule has 1 aromatic rings. The van der Waals surface area contributed by atoms with Gasteiger partial charge in [-0.3, -0.25) is 4.79 Å². The van der Waals surface area contributed by atoms with Gasteiger partial charge in [0.2, 0.25) is 0 Å². The van der Waals surface area contributed by atoms with Crippen LogP contribution >= 0.6 is 0 Å². The van der Waals surface area contributed by atoms with E-state index in [1.54, 1.807) is 6.07 Å². The minimum atomic E-state index is -0.397. The van der Waals surface area contributed by atoms with Gasteiger partial charge in [-0.2, -0.15) is 0 Å². The van der Waals surface area contributed by atoms with Gasteiger partial charge in [0, 0.05) is 13.1 Å². The number of nitrogens with one attached hydrogen (secondary N) is 2. The van der Waals surface area contributed by atoms with Gasteiger partial charge in [-0.25, -0.2) is 4.39 Å². The first-order chi connectivity index (χ1) is 7.70. The standard InChI is InChI=1S/C12H17FN2O/c1-3-8-15-12(16)9-6-5-7-10(13)11(9)14-4-2/h5-7,14H,3-4,8H2,1-2H3,(H,15,16). The summed E-state index contributed by atoms with van der Waals surface area (Å²) in [5, 5.41) is 5.59. The number of anilines is 1. The van der Waals surface area contributed by atoms with Crippen molar-refractivity contribution in [1.82, 2.24) is 5.32 Å². The normalized spacial score (nSPS) is 9.94. The first-order valence-electron chi connectivity index (χ1n) is 5.51. The summed E-state index contributed by atoms with van der Waals surface area (Å²) in [5.74, 6) is -0.636. The SMILES string of the molecule is CCCNC(=O)c1cccc(F)c1NCC.